The number of benzene rings is 1. The number of hydrogen-bond donors (Lipinski definition) is 3. The summed E-state index contributed by atoms with van der Waals surface area (Å²) < 4.78 is 0. The highest BCUT2D eigenvalue weighted by molar-refractivity contribution is 7.12. The summed E-state index contributed by atoms with van der Waals surface area (Å²) in [7, 11) is 0. The van der Waals surface area contributed by atoms with Crippen LogP contribution in [0.3, 0.4) is 0 Å². The summed E-state index contributed by atoms with van der Waals surface area (Å²) in [4.78, 5) is 24.2. The Morgan fingerprint density at radius 1 is 1.10 bits per heavy atom. The Morgan fingerprint density at radius 3 is 2.52 bits per heavy atom. The first-order valence-electron chi connectivity index (χ1n) is 6.64. The minimum Gasteiger partial charge on any atom is -0.325 e. The van der Waals surface area contributed by atoms with Crippen LogP contribution in [0, 0.1) is 0 Å². The Kier molecular flexibility index (Phi) is 5.48. The smallest absolute Gasteiger partial charge is 0.265 e. The second-order valence-electron chi connectivity index (χ2n) is 4.34. The molecule has 2 rings (SSSR count). The maximum Gasteiger partial charge on any atom is 0.265 e. The zero-order chi connectivity index (χ0) is 15.1. The lowest BCUT2D eigenvalue weighted by molar-refractivity contribution is -0.115. The summed E-state index contributed by atoms with van der Waals surface area (Å²) in [6.07, 6.45) is 0. The third kappa shape index (κ3) is 4.70. The topological polar surface area (TPSA) is 70.2 Å². The maximum absolute atomic E-state index is 12.0. The van der Waals surface area contributed by atoms with Crippen LogP contribution in [0.4, 0.5) is 11.4 Å². The molecular weight excluding hydrogens is 286 g/mol. The number of amides is 2. The SMILES string of the molecule is CCNCC(=O)Nc1cccc(NC(=O)c2cccs2)c1. The van der Waals surface area contributed by atoms with Crippen molar-refractivity contribution in [1.29, 1.82) is 0 Å². The molecule has 0 unspecified atom stereocenters. The van der Waals surface area contributed by atoms with E-state index < -0.39 is 0 Å². The highest BCUT2D eigenvalue weighted by Crippen LogP contribution is 2.17. The molecule has 0 bridgehead atoms. The number of rotatable bonds is 6. The van der Waals surface area contributed by atoms with E-state index in [9.17, 15) is 9.59 Å². The van der Waals surface area contributed by atoms with Crippen LogP contribution in [0.1, 0.15) is 16.6 Å². The Bertz CT molecular complexity index is 611. The van der Waals surface area contributed by atoms with Crippen LogP contribution in [-0.2, 0) is 4.79 Å². The van der Waals surface area contributed by atoms with E-state index >= 15 is 0 Å². The van der Waals surface area contributed by atoms with Gasteiger partial charge in [-0.15, -0.1) is 11.3 Å². The second kappa shape index (κ2) is 7.56. The van der Waals surface area contributed by atoms with Crippen molar-refractivity contribution in [2.45, 2.75) is 6.92 Å². The summed E-state index contributed by atoms with van der Waals surface area (Å²) in [5, 5.41) is 10.4. The Balaban J connectivity index is 1.97. The molecule has 2 aromatic rings. The highest BCUT2D eigenvalue weighted by Gasteiger charge is 2.07. The molecular formula is C15H17N3O2S. The van der Waals surface area contributed by atoms with Crippen molar-refractivity contribution in [3.63, 3.8) is 0 Å². The molecule has 0 spiro atoms. The van der Waals surface area contributed by atoms with Crippen molar-refractivity contribution in [3.05, 3.63) is 46.7 Å². The molecule has 0 fully saturated rings. The molecule has 0 aliphatic rings. The lowest BCUT2D eigenvalue weighted by Gasteiger charge is -2.08. The largest absolute Gasteiger partial charge is 0.325 e. The predicted molar refractivity (Wildman–Crippen MR) is 85.9 cm³/mol. The number of thiophene rings is 1. The molecule has 0 atom stereocenters. The monoisotopic (exact) mass is 303 g/mol. The molecule has 0 saturated heterocycles. The molecule has 1 aromatic carbocycles. The lowest BCUT2D eigenvalue weighted by Crippen LogP contribution is -2.27. The van der Waals surface area contributed by atoms with Gasteiger partial charge in [0, 0.05) is 11.4 Å². The summed E-state index contributed by atoms with van der Waals surface area (Å²) in [6, 6.07) is 10.7. The molecule has 110 valence electrons. The number of nitrogens with one attached hydrogen (secondary N) is 3. The van der Waals surface area contributed by atoms with Gasteiger partial charge in [-0.2, -0.15) is 0 Å². The van der Waals surface area contributed by atoms with Crippen molar-refractivity contribution >= 4 is 34.5 Å². The summed E-state index contributed by atoms with van der Waals surface area (Å²) in [6.45, 7) is 2.95. The van der Waals surface area contributed by atoms with Gasteiger partial charge in [0.2, 0.25) is 5.91 Å². The van der Waals surface area contributed by atoms with Crippen molar-refractivity contribution in [2.24, 2.45) is 0 Å². The summed E-state index contributed by atoms with van der Waals surface area (Å²) in [5.74, 6) is -0.264. The molecule has 2 amide bonds. The third-order valence-electron chi connectivity index (χ3n) is 2.68. The molecule has 1 heterocycles. The van der Waals surface area contributed by atoms with Gasteiger partial charge in [0.25, 0.3) is 5.91 Å². The van der Waals surface area contributed by atoms with Gasteiger partial charge in [-0.1, -0.05) is 19.1 Å². The fourth-order valence-corrected chi connectivity index (χ4v) is 2.34. The van der Waals surface area contributed by atoms with Crippen molar-refractivity contribution in [1.82, 2.24) is 5.32 Å². The average Bonchev–Trinajstić information content (AvgIpc) is 3.00. The van der Waals surface area contributed by atoms with E-state index in [4.69, 9.17) is 0 Å². The van der Waals surface area contributed by atoms with E-state index in [1.165, 1.54) is 11.3 Å². The van der Waals surface area contributed by atoms with Gasteiger partial charge < -0.3 is 16.0 Å². The first-order chi connectivity index (χ1) is 10.2. The van der Waals surface area contributed by atoms with Crippen LogP contribution in [0.5, 0.6) is 0 Å². The maximum atomic E-state index is 12.0. The molecule has 1 aromatic heterocycles. The quantitative estimate of drug-likeness (QED) is 0.768. The number of anilines is 2. The zero-order valence-electron chi connectivity index (χ0n) is 11.7. The van der Waals surface area contributed by atoms with E-state index in [2.05, 4.69) is 16.0 Å². The van der Waals surface area contributed by atoms with Gasteiger partial charge in [-0.25, -0.2) is 0 Å². The molecule has 6 heteroatoms. The fourth-order valence-electron chi connectivity index (χ4n) is 1.72. The second-order valence-corrected chi connectivity index (χ2v) is 5.29. The van der Waals surface area contributed by atoms with Crippen LogP contribution < -0.4 is 16.0 Å². The van der Waals surface area contributed by atoms with Gasteiger partial charge >= 0.3 is 0 Å². The molecule has 0 radical (unpaired) electrons. The first-order valence-corrected chi connectivity index (χ1v) is 7.52. The van der Waals surface area contributed by atoms with Crippen LogP contribution in [0.2, 0.25) is 0 Å². The van der Waals surface area contributed by atoms with Crippen molar-refractivity contribution in [2.75, 3.05) is 23.7 Å². The van der Waals surface area contributed by atoms with E-state index in [1.807, 2.05) is 18.4 Å². The average molecular weight is 303 g/mol. The Hall–Kier alpha value is -2.18. The Labute approximate surface area is 127 Å². The lowest BCUT2D eigenvalue weighted by atomic mass is 10.2. The number of likely N-dealkylation sites (N-methyl/N-ethyl adjacent to an activating group) is 1. The minimum absolute atomic E-state index is 0.112. The van der Waals surface area contributed by atoms with Gasteiger partial charge in [-0.3, -0.25) is 9.59 Å². The molecule has 0 aliphatic carbocycles. The van der Waals surface area contributed by atoms with Crippen LogP contribution in [0.25, 0.3) is 0 Å². The standard InChI is InChI=1S/C15H17N3O2S/c1-2-16-10-14(19)17-11-5-3-6-12(9-11)18-15(20)13-7-4-8-21-13/h3-9,16H,2,10H2,1H3,(H,17,19)(H,18,20). The third-order valence-corrected chi connectivity index (χ3v) is 3.55. The predicted octanol–water partition coefficient (Wildman–Crippen LogP) is 2.55. The van der Waals surface area contributed by atoms with E-state index in [0.29, 0.717) is 16.3 Å². The van der Waals surface area contributed by atoms with Crippen LogP contribution in [-0.4, -0.2) is 24.9 Å². The number of carbonyl (C=O) groups is 2. The molecule has 3 N–H and O–H groups in total. The Morgan fingerprint density at radius 2 is 1.86 bits per heavy atom. The molecule has 21 heavy (non-hydrogen) atoms. The van der Waals surface area contributed by atoms with Gasteiger partial charge in [0.1, 0.15) is 0 Å². The normalized spacial score (nSPS) is 10.1. The molecule has 0 aliphatic heterocycles. The van der Waals surface area contributed by atoms with Gasteiger partial charge in [-0.05, 0) is 36.2 Å². The molecule has 5 nitrogen and oxygen atoms in total. The van der Waals surface area contributed by atoms with E-state index in [0.717, 1.165) is 6.54 Å². The number of hydrogen-bond acceptors (Lipinski definition) is 4. The number of carbonyl (C=O) groups excluding carboxylic acids is 2. The first kappa shape index (κ1) is 15.2. The molecule has 0 saturated carbocycles. The van der Waals surface area contributed by atoms with Crippen LogP contribution in [0.15, 0.2) is 41.8 Å². The highest BCUT2D eigenvalue weighted by atomic mass is 32.1. The van der Waals surface area contributed by atoms with E-state index in [-0.39, 0.29) is 18.4 Å². The van der Waals surface area contributed by atoms with Crippen molar-refractivity contribution in [3.8, 4) is 0 Å². The summed E-state index contributed by atoms with van der Waals surface area (Å²) >= 11 is 1.38. The van der Waals surface area contributed by atoms with Gasteiger partial charge in [0.15, 0.2) is 0 Å². The zero-order valence-corrected chi connectivity index (χ0v) is 12.5. The van der Waals surface area contributed by atoms with E-state index in [1.54, 1.807) is 30.3 Å². The minimum atomic E-state index is -0.152. The van der Waals surface area contributed by atoms with Crippen molar-refractivity contribution < 1.29 is 9.59 Å². The fraction of sp³-hybridized carbons (Fsp3) is 0.200. The van der Waals surface area contributed by atoms with Crippen LogP contribution >= 0.6 is 11.3 Å². The van der Waals surface area contributed by atoms with Gasteiger partial charge in [0.05, 0.1) is 11.4 Å². The summed E-state index contributed by atoms with van der Waals surface area (Å²) in [5.41, 5.74) is 1.30.